The van der Waals surface area contributed by atoms with Crippen LogP contribution in [0, 0.1) is 0 Å². The normalized spacial score (nSPS) is 10.3. The molecule has 7 nitrogen and oxygen atoms in total. The van der Waals surface area contributed by atoms with E-state index in [0.29, 0.717) is 12.1 Å². The third-order valence-electron chi connectivity index (χ3n) is 2.84. The maximum absolute atomic E-state index is 12.0. The number of hydrogen-bond acceptors (Lipinski definition) is 5. The Labute approximate surface area is 128 Å². The van der Waals surface area contributed by atoms with E-state index in [-0.39, 0.29) is 12.6 Å². The molecule has 0 spiro atoms. The number of methoxy groups -OCH3 is 1. The predicted molar refractivity (Wildman–Crippen MR) is 76.5 cm³/mol. The second-order valence-electron chi connectivity index (χ2n) is 4.38. The zero-order valence-corrected chi connectivity index (χ0v) is 12.8. The summed E-state index contributed by atoms with van der Waals surface area (Å²) in [7, 11) is 2.92. The van der Waals surface area contributed by atoms with Crippen LogP contribution in [0.1, 0.15) is 17.3 Å². The summed E-state index contributed by atoms with van der Waals surface area (Å²) in [5.41, 5.74) is 0.494. The molecule has 118 valence electrons. The van der Waals surface area contributed by atoms with Crippen LogP contribution >= 0.6 is 0 Å². The number of esters is 2. The zero-order chi connectivity index (χ0) is 16.5. The van der Waals surface area contributed by atoms with Crippen LogP contribution in [-0.4, -0.2) is 43.4 Å². The highest BCUT2D eigenvalue weighted by atomic mass is 16.5. The van der Waals surface area contributed by atoms with Gasteiger partial charge < -0.3 is 14.4 Å². The lowest BCUT2D eigenvalue weighted by molar-refractivity contribution is -0.727. The van der Waals surface area contributed by atoms with Crippen molar-refractivity contribution >= 4 is 17.8 Å². The fraction of sp³-hybridized carbons (Fsp3) is 0.333. The number of carbonyl (C=O) groups is 3. The second kappa shape index (κ2) is 8.56. The van der Waals surface area contributed by atoms with Gasteiger partial charge >= 0.3 is 11.9 Å². The Bertz CT molecular complexity index is 583. The van der Waals surface area contributed by atoms with E-state index in [0.717, 1.165) is 12.2 Å². The van der Waals surface area contributed by atoms with Crippen LogP contribution in [-0.2, 0) is 25.8 Å². The van der Waals surface area contributed by atoms with Crippen molar-refractivity contribution in [1.29, 1.82) is 0 Å². The van der Waals surface area contributed by atoms with Crippen molar-refractivity contribution in [3.8, 4) is 0 Å². The minimum absolute atomic E-state index is 0.0681. The van der Waals surface area contributed by atoms with Crippen LogP contribution in [0.3, 0.4) is 0 Å². The van der Waals surface area contributed by atoms with Gasteiger partial charge in [-0.25, -0.2) is 9.59 Å². The first-order valence-electron chi connectivity index (χ1n) is 6.65. The quantitative estimate of drug-likeness (QED) is 0.429. The Morgan fingerprint density at radius 2 is 1.95 bits per heavy atom. The predicted octanol–water partition coefficient (Wildman–Crippen LogP) is 0.296. The zero-order valence-electron chi connectivity index (χ0n) is 12.8. The first-order valence-corrected chi connectivity index (χ1v) is 6.65. The van der Waals surface area contributed by atoms with E-state index in [1.165, 1.54) is 7.11 Å². The summed E-state index contributed by atoms with van der Waals surface area (Å²) < 4.78 is 10.9. The minimum atomic E-state index is -0.680. The van der Waals surface area contributed by atoms with E-state index < -0.39 is 11.9 Å². The summed E-state index contributed by atoms with van der Waals surface area (Å²) in [5.74, 6) is -1.44. The summed E-state index contributed by atoms with van der Waals surface area (Å²) in [6.45, 7) is 2.41. The van der Waals surface area contributed by atoms with Gasteiger partial charge in [-0.2, -0.15) is 4.57 Å². The number of pyridine rings is 1. The van der Waals surface area contributed by atoms with Gasteiger partial charge in [-0.1, -0.05) is 0 Å². The van der Waals surface area contributed by atoms with E-state index in [9.17, 15) is 14.4 Å². The Morgan fingerprint density at radius 1 is 1.27 bits per heavy atom. The number of rotatable bonds is 6. The highest BCUT2D eigenvalue weighted by Crippen LogP contribution is 2.00. The number of aromatic nitrogens is 1. The third-order valence-corrected chi connectivity index (χ3v) is 2.84. The molecule has 1 aromatic heterocycles. The highest BCUT2D eigenvalue weighted by Gasteiger charge is 2.14. The van der Waals surface area contributed by atoms with Crippen LogP contribution in [0.2, 0.25) is 0 Å². The molecule has 0 unspecified atom stereocenters. The van der Waals surface area contributed by atoms with Crippen LogP contribution in [0.25, 0.3) is 0 Å². The van der Waals surface area contributed by atoms with Gasteiger partial charge in [0, 0.05) is 31.8 Å². The van der Waals surface area contributed by atoms with Crippen molar-refractivity contribution in [2.24, 2.45) is 0 Å². The van der Waals surface area contributed by atoms with E-state index in [2.05, 4.69) is 4.74 Å². The number of nitrogens with zero attached hydrogens (tertiary/aromatic N) is 2. The molecule has 1 amide bonds. The number of hydrogen-bond donors (Lipinski definition) is 0. The molecular formula is C15H19N2O5+. The molecule has 0 bridgehead atoms. The van der Waals surface area contributed by atoms with Crippen molar-refractivity contribution in [1.82, 2.24) is 4.90 Å². The molecule has 22 heavy (non-hydrogen) atoms. The monoisotopic (exact) mass is 307 g/mol. The topological polar surface area (TPSA) is 76.8 Å². The molecule has 1 rings (SSSR count). The molecule has 0 radical (unpaired) electrons. The summed E-state index contributed by atoms with van der Waals surface area (Å²) in [4.78, 5) is 35.8. The first-order chi connectivity index (χ1) is 10.5. The first kappa shape index (κ1) is 17.4. The molecule has 0 aromatic carbocycles. The van der Waals surface area contributed by atoms with E-state index >= 15 is 0 Å². The molecule has 0 fully saturated rings. The minimum Gasteiger partial charge on any atom is -0.466 e. The molecule has 0 N–H and O–H groups in total. The standard InChI is InChI=1S/C15H19N2O5/c1-4-16(2)15(20)12-6-5-9-17(10-12)11-22-14(19)8-7-13(18)21-3/h5-10H,4,11H2,1-3H3/q+1. The van der Waals surface area contributed by atoms with Crippen molar-refractivity contribution in [2.75, 3.05) is 20.7 Å². The maximum atomic E-state index is 12.0. The fourth-order valence-electron chi connectivity index (χ4n) is 1.48. The van der Waals surface area contributed by atoms with Crippen LogP contribution < -0.4 is 4.57 Å². The summed E-state index contributed by atoms with van der Waals surface area (Å²) in [5, 5.41) is 0. The van der Waals surface area contributed by atoms with Gasteiger partial charge in [0.2, 0.25) is 0 Å². The SMILES string of the molecule is CCN(C)C(=O)c1ccc[n+](COC(=O)C=CC(=O)OC)c1. The second-order valence-corrected chi connectivity index (χ2v) is 4.38. The molecule has 0 aliphatic heterocycles. The third kappa shape index (κ3) is 5.35. The van der Waals surface area contributed by atoms with Gasteiger partial charge in [0.05, 0.1) is 7.11 Å². The summed E-state index contributed by atoms with van der Waals surface area (Å²) >= 11 is 0. The van der Waals surface area contributed by atoms with E-state index in [1.54, 1.807) is 41.0 Å². The Morgan fingerprint density at radius 3 is 2.59 bits per heavy atom. The average Bonchev–Trinajstić information content (AvgIpc) is 2.56. The van der Waals surface area contributed by atoms with Crippen molar-refractivity contribution < 1.29 is 28.4 Å². The summed E-state index contributed by atoms with van der Waals surface area (Å²) in [6.07, 6.45) is 5.21. The van der Waals surface area contributed by atoms with Crippen LogP contribution in [0.15, 0.2) is 36.7 Å². The lowest BCUT2D eigenvalue weighted by Crippen LogP contribution is -2.37. The van der Waals surface area contributed by atoms with Gasteiger partial charge in [0.25, 0.3) is 12.6 Å². The number of carbonyl (C=O) groups excluding carboxylic acids is 3. The summed E-state index contributed by atoms with van der Waals surface area (Å²) in [6, 6.07) is 3.37. The lowest BCUT2D eigenvalue weighted by Gasteiger charge is -2.13. The molecule has 1 aromatic rings. The molecule has 0 aliphatic rings. The number of ether oxygens (including phenoxy) is 2. The molecular weight excluding hydrogens is 288 g/mol. The van der Waals surface area contributed by atoms with Gasteiger partial charge in [-0.05, 0) is 13.0 Å². The van der Waals surface area contributed by atoms with Gasteiger partial charge in [-0.15, -0.1) is 0 Å². The molecule has 0 saturated carbocycles. The van der Waals surface area contributed by atoms with Gasteiger partial charge in [0.15, 0.2) is 12.4 Å². The molecule has 7 heteroatoms. The van der Waals surface area contributed by atoms with Gasteiger partial charge in [-0.3, -0.25) is 4.79 Å². The fourth-order valence-corrected chi connectivity index (χ4v) is 1.48. The molecule has 0 saturated heterocycles. The van der Waals surface area contributed by atoms with Crippen LogP contribution in [0.4, 0.5) is 0 Å². The average molecular weight is 307 g/mol. The Hall–Kier alpha value is -2.70. The van der Waals surface area contributed by atoms with Crippen molar-refractivity contribution in [3.63, 3.8) is 0 Å². The molecule has 0 aliphatic carbocycles. The van der Waals surface area contributed by atoms with E-state index in [4.69, 9.17) is 4.74 Å². The van der Waals surface area contributed by atoms with Crippen molar-refractivity contribution in [2.45, 2.75) is 13.7 Å². The maximum Gasteiger partial charge on any atom is 0.335 e. The molecule has 1 heterocycles. The Kier molecular flexibility index (Phi) is 6.75. The number of amides is 1. The largest absolute Gasteiger partial charge is 0.466 e. The smallest absolute Gasteiger partial charge is 0.335 e. The van der Waals surface area contributed by atoms with E-state index in [1.807, 2.05) is 6.92 Å². The van der Waals surface area contributed by atoms with Crippen molar-refractivity contribution in [3.05, 3.63) is 42.2 Å². The highest BCUT2D eigenvalue weighted by molar-refractivity contribution is 5.93. The van der Waals surface area contributed by atoms with Gasteiger partial charge in [0.1, 0.15) is 5.56 Å². The lowest BCUT2D eigenvalue weighted by atomic mass is 10.2. The van der Waals surface area contributed by atoms with Crippen LogP contribution in [0.5, 0.6) is 0 Å². The Balaban J connectivity index is 2.64. The molecule has 0 atom stereocenters.